The second-order valence-corrected chi connectivity index (χ2v) is 5.97. The lowest BCUT2D eigenvalue weighted by atomic mass is 9.65. The maximum Gasteiger partial charge on any atom is 0.188 e. The standard InChI is InChI=1S/C13H25N3.HI/c1-10(2)8-15-12(14)16-9-13(6-3-7-13)11-4-5-11;/h10-11H,3-9H2,1-2H3,(H3,14,15,16);1H. The molecule has 3 nitrogen and oxygen atoms in total. The van der Waals surface area contributed by atoms with Crippen LogP contribution in [0.3, 0.4) is 0 Å². The van der Waals surface area contributed by atoms with Crippen molar-refractivity contribution in [2.45, 2.75) is 46.0 Å². The van der Waals surface area contributed by atoms with E-state index in [9.17, 15) is 0 Å². The van der Waals surface area contributed by atoms with Crippen LogP contribution in [0, 0.1) is 17.3 Å². The van der Waals surface area contributed by atoms with Gasteiger partial charge in [0, 0.05) is 13.1 Å². The van der Waals surface area contributed by atoms with Gasteiger partial charge >= 0.3 is 0 Å². The van der Waals surface area contributed by atoms with Crippen LogP contribution in [0.2, 0.25) is 0 Å². The molecule has 2 rings (SSSR count). The minimum Gasteiger partial charge on any atom is -0.370 e. The maximum absolute atomic E-state index is 5.87. The van der Waals surface area contributed by atoms with Gasteiger partial charge in [-0.05, 0) is 42.9 Å². The summed E-state index contributed by atoms with van der Waals surface area (Å²) in [6.07, 6.45) is 6.99. The van der Waals surface area contributed by atoms with Gasteiger partial charge in [-0.3, -0.25) is 4.99 Å². The third-order valence-electron chi connectivity index (χ3n) is 4.05. The number of aliphatic imine (C=N–C) groups is 1. The summed E-state index contributed by atoms with van der Waals surface area (Å²) in [5.41, 5.74) is 6.41. The molecule has 0 aromatic carbocycles. The zero-order valence-corrected chi connectivity index (χ0v) is 13.4. The van der Waals surface area contributed by atoms with Gasteiger partial charge in [0.1, 0.15) is 0 Å². The van der Waals surface area contributed by atoms with Crippen LogP contribution in [-0.4, -0.2) is 19.0 Å². The normalized spacial score (nSPS) is 22.9. The van der Waals surface area contributed by atoms with Gasteiger partial charge in [-0.15, -0.1) is 24.0 Å². The van der Waals surface area contributed by atoms with Crippen molar-refractivity contribution in [2.75, 3.05) is 13.1 Å². The molecule has 2 saturated carbocycles. The van der Waals surface area contributed by atoms with E-state index in [-0.39, 0.29) is 24.0 Å². The fraction of sp³-hybridized carbons (Fsp3) is 0.923. The molecule has 0 bridgehead atoms. The summed E-state index contributed by atoms with van der Waals surface area (Å²) in [5.74, 6) is 2.22. The summed E-state index contributed by atoms with van der Waals surface area (Å²) < 4.78 is 0. The maximum atomic E-state index is 5.87. The summed E-state index contributed by atoms with van der Waals surface area (Å²) in [5, 5.41) is 3.19. The summed E-state index contributed by atoms with van der Waals surface area (Å²) in [4.78, 5) is 4.53. The Morgan fingerprint density at radius 3 is 2.47 bits per heavy atom. The summed E-state index contributed by atoms with van der Waals surface area (Å²) >= 11 is 0. The lowest BCUT2D eigenvalue weighted by Gasteiger charge is -2.41. The Kier molecular flexibility index (Phi) is 5.54. The number of guanidine groups is 1. The van der Waals surface area contributed by atoms with Gasteiger partial charge in [0.2, 0.25) is 0 Å². The van der Waals surface area contributed by atoms with Crippen molar-refractivity contribution in [1.29, 1.82) is 0 Å². The van der Waals surface area contributed by atoms with Crippen LogP contribution < -0.4 is 11.1 Å². The molecule has 0 aromatic heterocycles. The summed E-state index contributed by atoms with van der Waals surface area (Å²) in [6.45, 7) is 6.23. The van der Waals surface area contributed by atoms with Crippen LogP contribution in [0.15, 0.2) is 4.99 Å². The number of nitrogens with zero attached hydrogens (tertiary/aromatic N) is 1. The minimum absolute atomic E-state index is 0. The van der Waals surface area contributed by atoms with Crippen molar-refractivity contribution >= 4 is 29.9 Å². The Hall–Kier alpha value is 0. The zero-order chi connectivity index (χ0) is 11.6. The van der Waals surface area contributed by atoms with Crippen LogP contribution in [-0.2, 0) is 0 Å². The van der Waals surface area contributed by atoms with Gasteiger partial charge in [-0.25, -0.2) is 0 Å². The van der Waals surface area contributed by atoms with E-state index >= 15 is 0 Å². The highest BCUT2D eigenvalue weighted by Crippen LogP contribution is 2.57. The monoisotopic (exact) mass is 351 g/mol. The second kappa shape index (κ2) is 6.25. The number of halogens is 1. The summed E-state index contributed by atoms with van der Waals surface area (Å²) in [7, 11) is 0. The van der Waals surface area contributed by atoms with Crippen molar-refractivity contribution < 1.29 is 0 Å². The summed E-state index contributed by atoms with van der Waals surface area (Å²) in [6, 6.07) is 0. The molecule has 17 heavy (non-hydrogen) atoms. The molecule has 0 aromatic rings. The Labute approximate surface area is 122 Å². The van der Waals surface area contributed by atoms with Gasteiger partial charge in [0.05, 0.1) is 0 Å². The number of rotatable bonds is 5. The van der Waals surface area contributed by atoms with Crippen molar-refractivity contribution in [3.05, 3.63) is 0 Å². The minimum atomic E-state index is 0. The molecule has 3 N–H and O–H groups in total. The van der Waals surface area contributed by atoms with Crippen LogP contribution in [0.5, 0.6) is 0 Å². The molecule has 0 radical (unpaired) electrons. The number of hydrogen-bond acceptors (Lipinski definition) is 1. The average Bonchev–Trinajstić information content (AvgIpc) is 2.97. The third kappa shape index (κ3) is 4.00. The van der Waals surface area contributed by atoms with Crippen LogP contribution in [0.25, 0.3) is 0 Å². The Morgan fingerprint density at radius 2 is 2.06 bits per heavy atom. The van der Waals surface area contributed by atoms with Gasteiger partial charge in [-0.1, -0.05) is 20.3 Å². The quantitative estimate of drug-likeness (QED) is 0.455. The lowest BCUT2D eigenvalue weighted by molar-refractivity contribution is 0.113. The molecule has 100 valence electrons. The van der Waals surface area contributed by atoms with E-state index in [1.54, 1.807) is 0 Å². The first-order valence-corrected chi connectivity index (χ1v) is 6.66. The number of nitrogens with one attached hydrogen (secondary N) is 1. The number of hydrogen-bond donors (Lipinski definition) is 2. The Balaban J connectivity index is 0.00000144. The van der Waals surface area contributed by atoms with E-state index in [4.69, 9.17) is 5.73 Å². The largest absolute Gasteiger partial charge is 0.370 e. The molecule has 0 saturated heterocycles. The zero-order valence-electron chi connectivity index (χ0n) is 11.0. The van der Waals surface area contributed by atoms with Crippen LogP contribution in [0.4, 0.5) is 0 Å². The van der Waals surface area contributed by atoms with E-state index < -0.39 is 0 Å². The fourth-order valence-electron chi connectivity index (χ4n) is 2.63. The topological polar surface area (TPSA) is 50.4 Å². The van der Waals surface area contributed by atoms with Crippen molar-refractivity contribution in [3.8, 4) is 0 Å². The highest BCUT2D eigenvalue weighted by atomic mass is 127. The molecular formula is C13H26IN3. The molecular weight excluding hydrogens is 325 g/mol. The van der Waals surface area contributed by atoms with Crippen molar-refractivity contribution in [2.24, 2.45) is 28.0 Å². The molecule has 0 unspecified atom stereocenters. The number of nitrogens with two attached hydrogens (primary N) is 1. The van der Waals surface area contributed by atoms with Gasteiger partial charge < -0.3 is 11.1 Å². The molecule has 0 heterocycles. The van der Waals surface area contributed by atoms with Gasteiger partial charge in [-0.2, -0.15) is 0 Å². The average molecular weight is 351 g/mol. The predicted octanol–water partition coefficient (Wildman–Crippen LogP) is 2.75. The van der Waals surface area contributed by atoms with Crippen molar-refractivity contribution in [1.82, 2.24) is 5.32 Å². The Morgan fingerprint density at radius 1 is 1.41 bits per heavy atom. The molecule has 4 heteroatoms. The molecule has 0 amide bonds. The smallest absolute Gasteiger partial charge is 0.188 e. The first kappa shape index (κ1) is 15.1. The molecule has 0 aliphatic heterocycles. The molecule has 2 aliphatic carbocycles. The first-order valence-electron chi connectivity index (χ1n) is 6.66. The van der Waals surface area contributed by atoms with Crippen LogP contribution in [0.1, 0.15) is 46.0 Å². The van der Waals surface area contributed by atoms with Crippen LogP contribution >= 0.6 is 24.0 Å². The molecule has 0 spiro atoms. The predicted molar refractivity (Wildman–Crippen MR) is 83.8 cm³/mol. The van der Waals surface area contributed by atoms with Gasteiger partial charge in [0.15, 0.2) is 5.96 Å². The Bertz CT molecular complexity index is 268. The van der Waals surface area contributed by atoms with Crippen molar-refractivity contribution in [3.63, 3.8) is 0 Å². The van der Waals surface area contributed by atoms with E-state index in [0.717, 1.165) is 19.0 Å². The highest BCUT2D eigenvalue weighted by Gasteiger charge is 2.48. The third-order valence-corrected chi connectivity index (χ3v) is 4.05. The lowest BCUT2D eigenvalue weighted by Crippen LogP contribution is -2.39. The second-order valence-electron chi connectivity index (χ2n) is 5.97. The first-order chi connectivity index (χ1) is 7.62. The van der Waals surface area contributed by atoms with Gasteiger partial charge in [0.25, 0.3) is 0 Å². The van der Waals surface area contributed by atoms with E-state index in [1.165, 1.54) is 32.1 Å². The van der Waals surface area contributed by atoms with E-state index in [1.807, 2.05) is 0 Å². The fourth-order valence-corrected chi connectivity index (χ4v) is 2.63. The molecule has 2 aliphatic rings. The SMILES string of the molecule is CC(C)CNC(N)=NCC1(C2CC2)CCC1.I. The van der Waals surface area contributed by atoms with E-state index in [2.05, 4.69) is 24.2 Å². The highest BCUT2D eigenvalue weighted by molar-refractivity contribution is 14.0. The molecule has 2 fully saturated rings. The molecule has 0 atom stereocenters. The van der Waals surface area contributed by atoms with E-state index in [0.29, 0.717) is 17.3 Å².